The van der Waals surface area contributed by atoms with Crippen LogP contribution in [0.15, 0.2) is 15.9 Å². The van der Waals surface area contributed by atoms with Crippen molar-refractivity contribution in [2.24, 2.45) is 14.1 Å². The summed E-state index contributed by atoms with van der Waals surface area (Å²) >= 11 is 0. The van der Waals surface area contributed by atoms with Crippen molar-refractivity contribution < 1.29 is 0 Å². The van der Waals surface area contributed by atoms with Crippen LogP contribution in [0.3, 0.4) is 0 Å². The van der Waals surface area contributed by atoms with Crippen LogP contribution >= 0.6 is 0 Å². The molecule has 0 aliphatic carbocycles. The molecule has 0 aromatic carbocycles. The third-order valence-electron chi connectivity index (χ3n) is 2.22. The molecular weight excluding hydrogens is 184 g/mol. The van der Waals surface area contributed by atoms with E-state index in [0.29, 0.717) is 11.2 Å². The minimum atomic E-state index is -0.388. The minimum absolute atomic E-state index is 0.328. The van der Waals surface area contributed by atoms with E-state index in [4.69, 9.17) is 0 Å². The average Bonchev–Trinajstić information content (AvgIpc) is 2.54. The summed E-state index contributed by atoms with van der Waals surface area (Å²) < 4.78 is 3.71. The fourth-order valence-corrected chi connectivity index (χ4v) is 1.40. The first-order valence-electron chi connectivity index (χ1n) is 3.98. The molecule has 0 bridgehead atoms. The molecule has 1 radical (unpaired) electrons. The first-order chi connectivity index (χ1) is 6.54. The van der Waals surface area contributed by atoms with E-state index in [1.54, 1.807) is 7.05 Å². The molecule has 2 heterocycles. The van der Waals surface area contributed by atoms with Crippen LogP contribution < -0.4 is 11.2 Å². The Labute approximate surface area is 79.0 Å². The maximum absolute atomic E-state index is 11.6. The van der Waals surface area contributed by atoms with Gasteiger partial charge in [0, 0.05) is 21.1 Å². The van der Waals surface area contributed by atoms with Gasteiger partial charge in [-0.1, -0.05) is 0 Å². The van der Waals surface area contributed by atoms with Gasteiger partial charge in [0.1, 0.15) is 0 Å². The predicted octanol–water partition coefficient (Wildman–Crippen LogP) is -0.927. The molecular formula is C8H9N4O2. The maximum Gasteiger partial charge on any atom is 0.332 e. The lowest BCUT2D eigenvalue weighted by Crippen LogP contribution is -2.37. The number of imidazole rings is 1. The van der Waals surface area contributed by atoms with Crippen molar-refractivity contribution >= 4 is 11.2 Å². The van der Waals surface area contributed by atoms with Gasteiger partial charge in [0.2, 0.25) is 0 Å². The molecule has 73 valence electrons. The molecule has 6 nitrogen and oxygen atoms in total. The summed E-state index contributed by atoms with van der Waals surface area (Å²) in [7, 11) is 6.60. The monoisotopic (exact) mass is 193 g/mol. The highest BCUT2D eigenvalue weighted by Gasteiger charge is 2.11. The van der Waals surface area contributed by atoms with Gasteiger partial charge in [-0.25, -0.2) is 9.78 Å². The van der Waals surface area contributed by atoms with Crippen molar-refractivity contribution in [3.8, 4) is 0 Å². The Morgan fingerprint density at radius 2 is 1.93 bits per heavy atom. The molecule has 0 aliphatic heterocycles. The number of aromatic nitrogens is 4. The van der Waals surface area contributed by atoms with Gasteiger partial charge in [0.05, 0.1) is 6.33 Å². The Bertz CT molecular complexity index is 617. The molecule has 2 aromatic rings. The lowest BCUT2D eigenvalue weighted by atomic mass is 10.5. The van der Waals surface area contributed by atoms with Gasteiger partial charge in [-0.15, -0.1) is 0 Å². The Morgan fingerprint density at radius 1 is 1.29 bits per heavy atom. The molecule has 0 unspecified atom stereocenters. The smallest absolute Gasteiger partial charge is 0.323 e. The van der Waals surface area contributed by atoms with Crippen LogP contribution in [0.25, 0.3) is 11.2 Å². The summed E-state index contributed by atoms with van der Waals surface area (Å²) in [5.41, 5.74) is -0.0838. The quantitative estimate of drug-likeness (QED) is 0.543. The summed E-state index contributed by atoms with van der Waals surface area (Å²) in [6.45, 7) is 0. The van der Waals surface area contributed by atoms with E-state index in [2.05, 4.69) is 12.0 Å². The van der Waals surface area contributed by atoms with Gasteiger partial charge in [0.15, 0.2) is 11.2 Å². The SMILES string of the molecule is [CH2]n1cnc2c1c(=O)n(C)c(=O)n2C. The Kier molecular flexibility index (Phi) is 1.60. The van der Waals surface area contributed by atoms with E-state index in [-0.39, 0.29) is 11.2 Å². The predicted molar refractivity (Wildman–Crippen MR) is 51.0 cm³/mol. The number of aryl methyl sites for hydroxylation is 1. The van der Waals surface area contributed by atoms with Crippen LogP contribution in [0, 0.1) is 7.05 Å². The Morgan fingerprint density at radius 3 is 2.57 bits per heavy atom. The van der Waals surface area contributed by atoms with Gasteiger partial charge in [0.25, 0.3) is 5.56 Å². The standard InChI is InChI=1S/C8H9N4O2/c1-10-4-9-6-5(10)7(13)12(3)8(14)11(6)2/h4H,1H2,2-3H3. The molecule has 0 N–H and O–H groups in total. The minimum Gasteiger partial charge on any atom is -0.323 e. The van der Waals surface area contributed by atoms with E-state index < -0.39 is 0 Å². The molecule has 0 saturated heterocycles. The molecule has 2 rings (SSSR count). The molecule has 0 spiro atoms. The van der Waals surface area contributed by atoms with Crippen molar-refractivity contribution in [3.05, 3.63) is 34.2 Å². The van der Waals surface area contributed by atoms with Crippen LogP contribution in [-0.2, 0) is 14.1 Å². The summed E-state index contributed by atoms with van der Waals surface area (Å²) in [6.07, 6.45) is 1.41. The molecule has 6 heteroatoms. The number of fused-ring (bicyclic) bond motifs is 1. The second-order valence-corrected chi connectivity index (χ2v) is 3.09. The zero-order chi connectivity index (χ0) is 10.5. The van der Waals surface area contributed by atoms with Gasteiger partial charge >= 0.3 is 5.69 Å². The van der Waals surface area contributed by atoms with Crippen LogP contribution in [0.2, 0.25) is 0 Å². The average molecular weight is 193 g/mol. The third-order valence-corrected chi connectivity index (χ3v) is 2.22. The van der Waals surface area contributed by atoms with Crippen LogP contribution in [0.1, 0.15) is 0 Å². The zero-order valence-electron chi connectivity index (χ0n) is 7.89. The van der Waals surface area contributed by atoms with Crippen molar-refractivity contribution in [1.82, 2.24) is 18.7 Å². The lowest BCUT2D eigenvalue weighted by Gasteiger charge is -2.02. The van der Waals surface area contributed by atoms with Gasteiger partial charge in [-0.2, -0.15) is 0 Å². The first kappa shape index (κ1) is 8.74. The molecule has 0 fully saturated rings. The van der Waals surface area contributed by atoms with E-state index in [9.17, 15) is 9.59 Å². The fourth-order valence-electron chi connectivity index (χ4n) is 1.40. The van der Waals surface area contributed by atoms with Gasteiger partial charge in [-0.3, -0.25) is 13.9 Å². The Hall–Kier alpha value is -1.85. The van der Waals surface area contributed by atoms with Gasteiger partial charge in [-0.05, 0) is 0 Å². The second kappa shape index (κ2) is 2.57. The van der Waals surface area contributed by atoms with Crippen molar-refractivity contribution in [2.45, 2.75) is 0 Å². The molecule has 0 amide bonds. The number of hydrogen-bond acceptors (Lipinski definition) is 3. The summed E-state index contributed by atoms with van der Waals surface area (Å²) in [5.74, 6) is 0. The van der Waals surface area contributed by atoms with Crippen LogP contribution in [0.4, 0.5) is 0 Å². The molecule has 0 aliphatic rings. The summed E-state index contributed by atoms with van der Waals surface area (Å²) in [4.78, 5) is 27.0. The molecule has 14 heavy (non-hydrogen) atoms. The van der Waals surface area contributed by atoms with Crippen molar-refractivity contribution in [1.29, 1.82) is 0 Å². The highest BCUT2D eigenvalue weighted by atomic mass is 16.2. The van der Waals surface area contributed by atoms with E-state index in [0.717, 1.165) is 4.57 Å². The highest BCUT2D eigenvalue weighted by Crippen LogP contribution is 2.02. The van der Waals surface area contributed by atoms with Crippen LogP contribution in [-0.4, -0.2) is 18.7 Å². The largest absolute Gasteiger partial charge is 0.332 e. The van der Waals surface area contributed by atoms with Crippen molar-refractivity contribution in [3.63, 3.8) is 0 Å². The Balaban J connectivity index is 3.22. The second-order valence-electron chi connectivity index (χ2n) is 3.09. The van der Waals surface area contributed by atoms with E-state index in [1.165, 1.54) is 22.5 Å². The van der Waals surface area contributed by atoms with Crippen LogP contribution in [0.5, 0.6) is 0 Å². The summed E-state index contributed by atoms with van der Waals surface area (Å²) in [5, 5.41) is 0. The topological polar surface area (TPSA) is 61.8 Å². The first-order valence-corrected chi connectivity index (χ1v) is 3.98. The fraction of sp³-hybridized carbons (Fsp3) is 0.250. The molecule has 2 aromatic heterocycles. The van der Waals surface area contributed by atoms with Gasteiger partial charge < -0.3 is 4.57 Å². The third kappa shape index (κ3) is 0.876. The van der Waals surface area contributed by atoms with E-state index in [1.807, 2.05) is 0 Å². The summed E-state index contributed by atoms with van der Waals surface area (Å²) in [6, 6.07) is 0. The lowest BCUT2D eigenvalue weighted by molar-refractivity contribution is 0.707. The van der Waals surface area contributed by atoms with E-state index >= 15 is 0 Å². The normalized spacial score (nSPS) is 11.1. The number of hydrogen-bond donors (Lipinski definition) is 0. The molecule has 0 saturated carbocycles. The zero-order valence-corrected chi connectivity index (χ0v) is 7.89. The maximum atomic E-state index is 11.6. The number of rotatable bonds is 0. The molecule has 0 atom stereocenters. The number of nitrogens with zero attached hydrogens (tertiary/aromatic N) is 4. The highest BCUT2D eigenvalue weighted by molar-refractivity contribution is 5.70. The van der Waals surface area contributed by atoms with Crippen molar-refractivity contribution in [2.75, 3.05) is 0 Å².